The summed E-state index contributed by atoms with van der Waals surface area (Å²) in [5, 5.41) is 0. The highest BCUT2D eigenvalue weighted by molar-refractivity contribution is 6.18. The van der Waals surface area contributed by atoms with E-state index in [1.807, 2.05) is 0 Å². The summed E-state index contributed by atoms with van der Waals surface area (Å²) in [6.07, 6.45) is 4.06. The van der Waals surface area contributed by atoms with Crippen LogP contribution in [-0.4, -0.2) is 42.8 Å². The van der Waals surface area contributed by atoms with Crippen LogP contribution in [0, 0.1) is 0 Å². The van der Waals surface area contributed by atoms with Crippen LogP contribution in [0.1, 0.15) is 24.8 Å². The molecule has 1 saturated heterocycles. The van der Waals surface area contributed by atoms with Crippen molar-refractivity contribution >= 4 is 28.9 Å². The van der Waals surface area contributed by atoms with Crippen molar-refractivity contribution < 1.29 is 0 Å². The van der Waals surface area contributed by atoms with Gasteiger partial charge in [0, 0.05) is 37.1 Å². The summed E-state index contributed by atoms with van der Waals surface area (Å²) >= 11 is 11.8. The van der Waals surface area contributed by atoms with E-state index in [0.29, 0.717) is 11.8 Å². The minimum absolute atomic E-state index is 0.632. The van der Waals surface area contributed by atoms with Gasteiger partial charge in [0.1, 0.15) is 0 Å². The molecule has 4 heteroatoms. The van der Waals surface area contributed by atoms with Crippen LogP contribution < -0.4 is 4.90 Å². The lowest BCUT2D eigenvalue weighted by Crippen LogP contribution is -2.30. The molecule has 2 rings (SSSR count). The number of benzene rings is 1. The van der Waals surface area contributed by atoms with Crippen LogP contribution in [0.4, 0.5) is 5.69 Å². The first-order valence-corrected chi connectivity index (χ1v) is 8.58. The fourth-order valence-electron chi connectivity index (χ4n) is 2.80. The molecule has 0 saturated carbocycles. The van der Waals surface area contributed by atoms with Gasteiger partial charge in [-0.3, -0.25) is 4.90 Å². The predicted molar refractivity (Wildman–Crippen MR) is 89.2 cm³/mol. The number of halogens is 2. The van der Waals surface area contributed by atoms with Crippen molar-refractivity contribution in [3.63, 3.8) is 0 Å². The van der Waals surface area contributed by atoms with E-state index in [1.165, 1.54) is 43.6 Å². The van der Waals surface area contributed by atoms with E-state index in [0.717, 1.165) is 19.6 Å². The maximum atomic E-state index is 5.88. The lowest BCUT2D eigenvalue weighted by molar-refractivity contribution is 0.221. The Morgan fingerprint density at radius 2 is 1.70 bits per heavy atom. The van der Waals surface area contributed by atoms with Crippen LogP contribution in [0.25, 0.3) is 0 Å². The van der Waals surface area contributed by atoms with Crippen molar-refractivity contribution in [2.45, 2.75) is 25.8 Å². The monoisotopic (exact) mass is 314 g/mol. The van der Waals surface area contributed by atoms with Crippen molar-refractivity contribution in [2.75, 3.05) is 42.8 Å². The fourth-order valence-corrected chi connectivity index (χ4v) is 3.21. The van der Waals surface area contributed by atoms with Gasteiger partial charge in [-0.15, -0.1) is 23.2 Å². The average Bonchev–Trinajstić information content (AvgIpc) is 2.48. The number of alkyl halides is 2. The van der Waals surface area contributed by atoms with Crippen LogP contribution >= 0.6 is 23.2 Å². The molecule has 0 aliphatic carbocycles. The first-order chi connectivity index (χ1) is 9.83. The van der Waals surface area contributed by atoms with Gasteiger partial charge in [-0.1, -0.05) is 18.6 Å². The molecule has 20 heavy (non-hydrogen) atoms. The van der Waals surface area contributed by atoms with E-state index in [9.17, 15) is 0 Å². The van der Waals surface area contributed by atoms with Gasteiger partial charge in [0.05, 0.1) is 0 Å². The third kappa shape index (κ3) is 4.83. The molecule has 1 aromatic rings. The Balaban J connectivity index is 2.01. The van der Waals surface area contributed by atoms with E-state index in [-0.39, 0.29) is 0 Å². The molecule has 0 amide bonds. The Labute approximate surface area is 132 Å². The smallest absolute Gasteiger partial charge is 0.0399 e. The Bertz CT molecular complexity index is 386. The van der Waals surface area contributed by atoms with Gasteiger partial charge in [-0.05, 0) is 43.6 Å². The Hall–Kier alpha value is -0.440. The first-order valence-electron chi connectivity index (χ1n) is 7.51. The summed E-state index contributed by atoms with van der Waals surface area (Å²) in [4.78, 5) is 4.82. The molecule has 0 bridgehead atoms. The quantitative estimate of drug-likeness (QED) is 0.703. The van der Waals surface area contributed by atoms with Crippen LogP contribution in [-0.2, 0) is 6.54 Å². The first kappa shape index (κ1) is 15.9. The van der Waals surface area contributed by atoms with Crippen LogP contribution in [0.15, 0.2) is 24.3 Å². The third-order valence-corrected chi connectivity index (χ3v) is 4.18. The van der Waals surface area contributed by atoms with Gasteiger partial charge in [0.2, 0.25) is 0 Å². The zero-order chi connectivity index (χ0) is 14.2. The molecule has 1 aromatic carbocycles. The fraction of sp³-hybridized carbons (Fsp3) is 0.625. The Morgan fingerprint density at radius 1 is 1.00 bits per heavy atom. The van der Waals surface area contributed by atoms with Gasteiger partial charge in [-0.2, -0.15) is 0 Å². The number of piperidine rings is 1. The zero-order valence-corrected chi connectivity index (χ0v) is 13.5. The molecule has 0 spiro atoms. The maximum absolute atomic E-state index is 5.88. The number of hydrogen-bond donors (Lipinski definition) is 0. The van der Waals surface area contributed by atoms with Crippen molar-refractivity contribution in [1.82, 2.24) is 4.90 Å². The molecule has 0 radical (unpaired) electrons. The van der Waals surface area contributed by atoms with Gasteiger partial charge in [0.25, 0.3) is 0 Å². The molecule has 1 heterocycles. The van der Waals surface area contributed by atoms with Gasteiger partial charge < -0.3 is 4.90 Å². The van der Waals surface area contributed by atoms with Crippen molar-refractivity contribution in [2.24, 2.45) is 0 Å². The highest BCUT2D eigenvalue weighted by Gasteiger charge is 2.11. The molecule has 112 valence electrons. The van der Waals surface area contributed by atoms with E-state index >= 15 is 0 Å². The lowest BCUT2D eigenvalue weighted by Gasteiger charge is -2.27. The van der Waals surface area contributed by atoms with Crippen molar-refractivity contribution in [3.05, 3.63) is 29.8 Å². The van der Waals surface area contributed by atoms with E-state index in [2.05, 4.69) is 34.1 Å². The predicted octanol–water partition coefficient (Wildman–Crippen LogP) is 3.96. The second-order valence-corrected chi connectivity index (χ2v) is 6.13. The van der Waals surface area contributed by atoms with Crippen molar-refractivity contribution in [3.8, 4) is 0 Å². The summed E-state index contributed by atoms with van der Waals surface area (Å²) < 4.78 is 0. The number of anilines is 1. The minimum Gasteiger partial charge on any atom is -0.369 e. The molecule has 0 unspecified atom stereocenters. The van der Waals surface area contributed by atoms with E-state index in [4.69, 9.17) is 23.2 Å². The normalized spacial score (nSPS) is 16.3. The molecule has 0 N–H and O–H groups in total. The highest BCUT2D eigenvalue weighted by Crippen LogP contribution is 2.19. The average molecular weight is 315 g/mol. The molecule has 0 atom stereocenters. The number of hydrogen-bond acceptors (Lipinski definition) is 2. The molecule has 2 nitrogen and oxygen atoms in total. The second kappa shape index (κ2) is 8.76. The van der Waals surface area contributed by atoms with Gasteiger partial charge >= 0.3 is 0 Å². The Kier molecular flexibility index (Phi) is 6.98. The van der Waals surface area contributed by atoms with Crippen LogP contribution in [0.3, 0.4) is 0 Å². The molecular formula is C16H24Cl2N2. The number of rotatable bonds is 7. The van der Waals surface area contributed by atoms with Crippen LogP contribution in [0.5, 0.6) is 0 Å². The number of nitrogens with zero attached hydrogens (tertiary/aromatic N) is 2. The topological polar surface area (TPSA) is 6.48 Å². The maximum Gasteiger partial charge on any atom is 0.0399 e. The van der Waals surface area contributed by atoms with Crippen molar-refractivity contribution in [1.29, 1.82) is 0 Å². The SMILES string of the molecule is ClCCN(CCCl)c1cccc(CN2CCCCC2)c1. The molecule has 0 aromatic heterocycles. The van der Waals surface area contributed by atoms with Crippen LogP contribution in [0.2, 0.25) is 0 Å². The van der Waals surface area contributed by atoms with E-state index < -0.39 is 0 Å². The minimum atomic E-state index is 0.632. The van der Waals surface area contributed by atoms with Gasteiger partial charge in [0.15, 0.2) is 0 Å². The summed E-state index contributed by atoms with van der Waals surface area (Å²) in [7, 11) is 0. The molecule has 1 fully saturated rings. The molecule has 1 aliphatic heterocycles. The zero-order valence-electron chi connectivity index (χ0n) is 12.0. The largest absolute Gasteiger partial charge is 0.369 e. The third-order valence-electron chi connectivity index (χ3n) is 3.84. The summed E-state index contributed by atoms with van der Waals surface area (Å²) in [6, 6.07) is 8.80. The second-order valence-electron chi connectivity index (χ2n) is 5.37. The summed E-state index contributed by atoms with van der Waals surface area (Å²) in [5.74, 6) is 1.26. The highest BCUT2D eigenvalue weighted by atomic mass is 35.5. The van der Waals surface area contributed by atoms with Gasteiger partial charge in [-0.25, -0.2) is 0 Å². The molecule has 1 aliphatic rings. The van der Waals surface area contributed by atoms with E-state index in [1.54, 1.807) is 0 Å². The Morgan fingerprint density at radius 3 is 2.35 bits per heavy atom. The lowest BCUT2D eigenvalue weighted by atomic mass is 10.1. The summed E-state index contributed by atoms with van der Waals surface area (Å²) in [6.45, 7) is 5.22. The summed E-state index contributed by atoms with van der Waals surface area (Å²) in [5.41, 5.74) is 2.62. The number of likely N-dealkylation sites (tertiary alicyclic amines) is 1. The molecular weight excluding hydrogens is 291 g/mol. The standard InChI is InChI=1S/C16H24Cl2N2/c17-7-11-20(12-8-18)16-6-4-5-15(13-16)14-19-9-2-1-3-10-19/h4-6,13H,1-3,7-12,14H2.